The van der Waals surface area contributed by atoms with E-state index < -0.39 is 29.2 Å². The van der Waals surface area contributed by atoms with Gasteiger partial charge in [-0.3, -0.25) is 14.6 Å². The van der Waals surface area contributed by atoms with E-state index in [2.05, 4.69) is 25.7 Å². The molecule has 10 nitrogen and oxygen atoms in total. The lowest BCUT2D eigenvalue weighted by Gasteiger charge is -2.10. The highest BCUT2D eigenvalue weighted by atomic mass is 35.5. The van der Waals surface area contributed by atoms with Crippen LogP contribution in [-0.4, -0.2) is 31.4 Å². The van der Waals surface area contributed by atoms with E-state index in [0.29, 0.717) is 22.2 Å². The highest BCUT2D eigenvalue weighted by molar-refractivity contribution is 6.30. The lowest BCUT2D eigenvalue weighted by atomic mass is 10.2. The summed E-state index contributed by atoms with van der Waals surface area (Å²) in [6.45, 7) is 0.0515. The van der Waals surface area contributed by atoms with Crippen LogP contribution in [-0.2, 0) is 13.1 Å². The predicted molar refractivity (Wildman–Crippen MR) is 124 cm³/mol. The van der Waals surface area contributed by atoms with Crippen LogP contribution in [0.2, 0.25) is 5.02 Å². The molecule has 0 atom stereocenters. The number of aromatic amines is 1. The van der Waals surface area contributed by atoms with Gasteiger partial charge in [0.25, 0.3) is 11.8 Å². The summed E-state index contributed by atoms with van der Waals surface area (Å²) < 4.78 is 33.6. The lowest BCUT2D eigenvalue weighted by Crippen LogP contribution is -2.28. The number of hydrogen-bond donors (Lipinski definition) is 3. The normalized spacial score (nSPS) is 11.2. The maximum Gasteiger partial charge on any atom is 0.417 e. The molecule has 2 amide bonds. The fourth-order valence-corrected chi connectivity index (χ4v) is 3.72. The minimum Gasteiger partial charge on any atom is -0.408 e. The molecule has 2 aromatic carbocycles. The minimum atomic E-state index is -0.821. The summed E-state index contributed by atoms with van der Waals surface area (Å²) in [6, 6.07) is 10.0. The summed E-state index contributed by atoms with van der Waals surface area (Å²) in [4.78, 5) is 43.5. The van der Waals surface area contributed by atoms with Gasteiger partial charge in [-0.2, -0.15) is 5.10 Å². The molecule has 36 heavy (non-hydrogen) atoms. The van der Waals surface area contributed by atoms with E-state index in [-0.39, 0.29) is 35.1 Å². The number of hydrogen-bond acceptors (Lipinski definition) is 6. The van der Waals surface area contributed by atoms with Gasteiger partial charge in [0.2, 0.25) is 0 Å². The summed E-state index contributed by atoms with van der Waals surface area (Å²) in [5.74, 6) is -3.35. The highest BCUT2D eigenvalue weighted by Crippen LogP contribution is 2.17. The van der Waals surface area contributed by atoms with Crippen LogP contribution in [0.25, 0.3) is 16.7 Å². The first-order chi connectivity index (χ1) is 17.3. The van der Waals surface area contributed by atoms with Gasteiger partial charge in [-0.05, 0) is 35.4 Å². The van der Waals surface area contributed by atoms with E-state index in [4.69, 9.17) is 16.0 Å². The van der Waals surface area contributed by atoms with Gasteiger partial charge in [0.1, 0.15) is 17.2 Å². The molecule has 0 aliphatic heterocycles. The Morgan fingerprint density at radius 3 is 2.50 bits per heavy atom. The molecule has 3 heterocycles. The zero-order valence-corrected chi connectivity index (χ0v) is 18.9. The number of halogens is 3. The number of aromatic nitrogens is 4. The first-order valence-corrected chi connectivity index (χ1v) is 10.8. The Morgan fingerprint density at radius 1 is 1.00 bits per heavy atom. The Morgan fingerprint density at radius 2 is 1.72 bits per heavy atom. The summed E-state index contributed by atoms with van der Waals surface area (Å²) >= 11 is 5.77. The average molecular weight is 513 g/mol. The second-order valence-corrected chi connectivity index (χ2v) is 8.12. The van der Waals surface area contributed by atoms with Crippen LogP contribution in [0.3, 0.4) is 0 Å². The summed E-state index contributed by atoms with van der Waals surface area (Å²) in [5.41, 5.74) is 1.36. The molecule has 0 radical (unpaired) electrons. The van der Waals surface area contributed by atoms with E-state index in [1.165, 1.54) is 24.3 Å². The largest absolute Gasteiger partial charge is 0.417 e. The first kappa shape index (κ1) is 23.2. The van der Waals surface area contributed by atoms with E-state index >= 15 is 0 Å². The van der Waals surface area contributed by atoms with Gasteiger partial charge in [0, 0.05) is 19.2 Å². The number of nitrogens with one attached hydrogen (secondary N) is 3. The maximum atomic E-state index is 14.3. The molecule has 0 saturated heterocycles. The Kier molecular flexibility index (Phi) is 5.94. The third kappa shape index (κ3) is 4.53. The second-order valence-electron chi connectivity index (χ2n) is 7.71. The molecule has 3 aromatic heterocycles. The van der Waals surface area contributed by atoms with Gasteiger partial charge in [0.15, 0.2) is 17.0 Å². The SMILES string of the molecule is O=C(NCc1ccc2oc(=O)[nH]c2c1)c1cc(C(=O)NCc2ccc(F)c(Cl)c2)n2ncc(F)c2n1. The number of benzene rings is 2. The number of nitrogens with zero attached hydrogens (tertiary/aromatic N) is 3. The standard InChI is InChI=1S/C23H15ClF2N6O4/c24-13-5-11(1-3-14(13)25)8-28-22(34)18-7-17(30-20-15(26)10-29-32(18)20)21(33)27-9-12-2-4-19-16(6-12)31-23(35)36-19/h1-7,10H,8-9H2,(H,27,33)(H,28,34)(H,31,35). The van der Waals surface area contributed by atoms with Crippen molar-refractivity contribution in [3.8, 4) is 0 Å². The van der Waals surface area contributed by atoms with E-state index in [1.807, 2.05) is 0 Å². The van der Waals surface area contributed by atoms with E-state index in [1.54, 1.807) is 18.2 Å². The number of oxazole rings is 1. The summed E-state index contributed by atoms with van der Waals surface area (Å²) in [7, 11) is 0. The van der Waals surface area contributed by atoms with E-state index in [0.717, 1.165) is 10.7 Å². The van der Waals surface area contributed by atoms with Crippen molar-refractivity contribution in [1.82, 2.24) is 30.2 Å². The van der Waals surface area contributed by atoms with Crippen LogP contribution in [0.1, 0.15) is 32.1 Å². The van der Waals surface area contributed by atoms with Crippen molar-refractivity contribution in [3.05, 3.63) is 98.4 Å². The van der Waals surface area contributed by atoms with E-state index in [9.17, 15) is 23.2 Å². The van der Waals surface area contributed by atoms with Crippen molar-refractivity contribution in [2.24, 2.45) is 0 Å². The lowest BCUT2D eigenvalue weighted by molar-refractivity contribution is 0.0942. The summed E-state index contributed by atoms with van der Waals surface area (Å²) in [5, 5.41) is 8.97. The molecule has 5 aromatic rings. The zero-order chi connectivity index (χ0) is 25.4. The van der Waals surface area contributed by atoms with Crippen LogP contribution >= 0.6 is 11.6 Å². The van der Waals surface area contributed by atoms with Gasteiger partial charge in [-0.25, -0.2) is 23.1 Å². The molecule has 5 rings (SSSR count). The van der Waals surface area contributed by atoms with Crippen molar-refractivity contribution in [2.45, 2.75) is 13.1 Å². The Balaban J connectivity index is 1.36. The number of fused-ring (bicyclic) bond motifs is 2. The third-order valence-electron chi connectivity index (χ3n) is 5.27. The second kappa shape index (κ2) is 9.23. The quantitative estimate of drug-likeness (QED) is 0.320. The molecule has 0 aliphatic carbocycles. The van der Waals surface area contributed by atoms with Crippen molar-refractivity contribution >= 4 is 40.2 Å². The molecule has 3 N–H and O–H groups in total. The Bertz CT molecular complexity index is 1710. The van der Waals surface area contributed by atoms with Crippen LogP contribution in [0.5, 0.6) is 0 Å². The topological polar surface area (TPSA) is 134 Å². The Hall–Kier alpha value is -4.58. The average Bonchev–Trinajstić information content (AvgIpc) is 3.43. The number of rotatable bonds is 6. The van der Waals surface area contributed by atoms with Gasteiger partial charge < -0.3 is 15.1 Å². The van der Waals surface area contributed by atoms with Crippen LogP contribution in [0.15, 0.2) is 57.9 Å². The number of H-pyrrole nitrogens is 1. The monoisotopic (exact) mass is 512 g/mol. The molecule has 0 unspecified atom stereocenters. The van der Waals surface area contributed by atoms with Crippen LogP contribution in [0.4, 0.5) is 8.78 Å². The van der Waals surface area contributed by atoms with Crippen LogP contribution in [0, 0.1) is 11.6 Å². The summed E-state index contributed by atoms with van der Waals surface area (Å²) in [6.07, 6.45) is 0.876. The third-order valence-corrected chi connectivity index (χ3v) is 5.56. The van der Waals surface area contributed by atoms with Crippen molar-refractivity contribution in [1.29, 1.82) is 0 Å². The fourth-order valence-electron chi connectivity index (χ4n) is 3.52. The van der Waals surface area contributed by atoms with Crippen molar-refractivity contribution in [3.63, 3.8) is 0 Å². The van der Waals surface area contributed by atoms with Gasteiger partial charge in [-0.1, -0.05) is 23.7 Å². The molecular formula is C23H15ClF2N6O4. The fraction of sp³-hybridized carbons (Fsp3) is 0.0870. The van der Waals surface area contributed by atoms with Crippen molar-refractivity contribution < 1.29 is 22.8 Å². The number of carbonyl (C=O) groups is 2. The van der Waals surface area contributed by atoms with Gasteiger partial charge in [-0.15, -0.1) is 0 Å². The molecule has 0 bridgehead atoms. The molecule has 0 spiro atoms. The van der Waals surface area contributed by atoms with Gasteiger partial charge in [0.05, 0.1) is 16.7 Å². The minimum absolute atomic E-state index is 0.00743. The first-order valence-electron chi connectivity index (χ1n) is 10.4. The number of amides is 2. The molecule has 0 aliphatic rings. The smallest absolute Gasteiger partial charge is 0.408 e. The molecule has 0 saturated carbocycles. The maximum absolute atomic E-state index is 14.3. The number of carbonyl (C=O) groups excluding carboxylic acids is 2. The Labute approximate surface area is 204 Å². The molecule has 13 heteroatoms. The zero-order valence-electron chi connectivity index (χ0n) is 18.1. The molecule has 182 valence electrons. The van der Waals surface area contributed by atoms with Gasteiger partial charge >= 0.3 is 5.76 Å². The van der Waals surface area contributed by atoms with Crippen LogP contribution < -0.4 is 16.4 Å². The van der Waals surface area contributed by atoms with Crippen molar-refractivity contribution in [2.75, 3.05) is 0 Å². The highest BCUT2D eigenvalue weighted by Gasteiger charge is 2.20. The molecular weight excluding hydrogens is 498 g/mol. The predicted octanol–water partition coefficient (Wildman–Crippen LogP) is 2.96. The molecule has 0 fully saturated rings.